The minimum absolute atomic E-state index is 0.296. The van der Waals surface area contributed by atoms with Crippen molar-refractivity contribution in [1.82, 2.24) is 0 Å². The van der Waals surface area contributed by atoms with Crippen LogP contribution in [-0.4, -0.2) is 18.7 Å². The molecule has 25 heavy (non-hydrogen) atoms. The van der Waals surface area contributed by atoms with Gasteiger partial charge in [-0.1, -0.05) is 30.3 Å². The maximum atomic E-state index is 10.7. The van der Waals surface area contributed by atoms with Gasteiger partial charge < -0.3 is 4.55 Å². The summed E-state index contributed by atoms with van der Waals surface area (Å²) in [6.07, 6.45) is 1.04. The first-order valence-electron chi connectivity index (χ1n) is 8.36. The Hall–Kier alpha value is -2.24. The first kappa shape index (κ1) is 17.6. The van der Waals surface area contributed by atoms with E-state index in [1.165, 1.54) is 11.1 Å². The molecule has 2 aromatic carbocycles. The Morgan fingerprint density at radius 3 is 2.40 bits per heavy atom. The van der Waals surface area contributed by atoms with Crippen molar-refractivity contribution in [1.29, 1.82) is 0 Å². The number of fused-ring (bicyclic) bond motifs is 1. The number of benzene rings is 2. The molecule has 0 bridgehead atoms. The zero-order valence-electron chi connectivity index (χ0n) is 14.2. The van der Waals surface area contributed by atoms with Crippen LogP contribution in [0.1, 0.15) is 18.5 Å². The van der Waals surface area contributed by atoms with Gasteiger partial charge in [-0.2, -0.15) is 4.57 Å². The van der Waals surface area contributed by atoms with Gasteiger partial charge >= 0.3 is 0 Å². The number of aromatic nitrogens is 1. The Balaban J connectivity index is 1.87. The second-order valence-corrected chi connectivity index (χ2v) is 7.76. The SMILES string of the molecule is Cc1ccc2cc(-c3ccccc3)ccc2[n+]1CCCCS(=O)(=O)[O-]. The molecule has 0 radical (unpaired) electrons. The van der Waals surface area contributed by atoms with Gasteiger partial charge in [0.1, 0.15) is 6.54 Å². The first-order chi connectivity index (χ1) is 11.9. The number of unbranched alkanes of at least 4 members (excludes halogenated alkanes) is 1. The van der Waals surface area contributed by atoms with E-state index in [4.69, 9.17) is 0 Å². The maximum absolute atomic E-state index is 10.7. The van der Waals surface area contributed by atoms with Crippen LogP contribution in [0.15, 0.2) is 60.7 Å². The van der Waals surface area contributed by atoms with Crippen molar-refractivity contribution in [2.75, 3.05) is 5.75 Å². The average molecular weight is 355 g/mol. The van der Waals surface area contributed by atoms with Gasteiger partial charge in [0.05, 0.1) is 10.1 Å². The molecule has 130 valence electrons. The van der Waals surface area contributed by atoms with E-state index in [0.29, 0.717) is 19.4 Å². The summed E-state index contributed by atoms with van der Waals surface area (Å²) in [5, 5.41) is 1.14. The van der Waals surface area contributed by atoms with Crippen LogP contribution in [0, 0.1) is 6.92 Å². The van der Waals surface area contributed by atoms with Gasteiger partial charge in [-0.15, -0.1) is 0 Å². The lowest BCUT2D eigenvalue weighted by atomic mass is 10.0. The van der Waals surface area contributed by atoms with E-state index in [0.717, 1.165) is 16.6 Å². The molecule has 0 amide bonds. The van der Waals surface area contributed by atoms with Crippen LogP contribution in [0.2, 0.25) is 0 Å². The van der Waals surface area contributed by atoms with Gasteiger partial charge in [0, 0.05) is 36.6 Å². The summed E-state index contributed by atoms with van der Waals surface area (Å²) >= 11 is 0. The lowest BCUT2D eigenvalue weighted by Crippen LogP contribution is -2.38. The number of pyridine rings is 1. The highest BCUT2D eigenvalue weighted by molar-refractivity contribution is 7.85. The Kier molecular flexibility index (Phi) is 5.16. The number of hydrogen-bond donors (Lipinski definition) is 0. The fourth-order valence-corrected chi connectivity index (χ4v) is 3.64. The van der Waals surface area contributed by atoms with Crippen LogP contribution in [-0.2, 0) is 16.7 Å². The van der Waals surface area contributed by atoms with Gasteiger partial charge in [0.2, 0.25) is 5.52 Å². The summed E-state index contributed by atoms with van der Waals surface area (Å²) in [4.78, 5) is 0. The Labute approximate surface area is 148 Å². The van der Waals surface area contributed by atoms with Gasteiger partial charge in [-0.05, 0) is 35.7 Å². The number of aryl methyl sites for hydroxylation is 2. The molecule has 0 N–H and O–H groups in total. The normalized spacial score (nSPS) is 11.8. The third-order valence-electron chi connectivity index (χ3n) is 4.38. The van der Waals surface area contributed by atoms with Crippen molar-refractivity contribution in [3.63, 3.8) is 0 Å². The lowest BCUT2D eigenvalue weighted by molar-refractivity contribution is -0.677. The predicted molar refractivity (Wildman–Crippen MR) is 98.1 cm³/mol. The zero-order valence-corrected chi connectivity index (χ0v) is 15.0. The van der Waals surface area contributed by atoms with E-state index in [9.17, 15) is 13.0 Å². The molecule has 4 nitrogen and oxygen atoms in total. The summed E-state index contributed by atoms with van der Waals surface area (Å²) in [6, 6.07) is 20.8. The Morgan fingerprint density at radius 1 is 0.920 bits per heavy atom. The summed E-state index contributed by atoms with van der Waals surface area (Å²) in [5.41, 5.74) is 4.58. The standard InChI is InChI=1S/C20H21NO3S/c1-16-9-10-19-15-18(17-7-3-2-4-8-17)11-12-20(19)21(16)13-5-6-14-25(22,23)24/h2-4,7-12,15H,5-6,13-14H2,1H3. The van der Waals surface area contributed by atoms with Crippen molar-refractivity contribution in [2.24, 2.45) is 0 Å². The molecule has 1 heterocycles. The highest BCUT2D eigenvalue weighted by atomic mass is 32.2. The van der Waals surface area contributed by atoms with Gasteiger partial charge in [0.25, 0.3) is 0 Å². The highest BCUT2D eigenvalue weighted by Gasteiger charge is 2.13. The Bertz CT molecular complexity index is 982. The fraction of sp³-hybridized carbons (Fsp3) is 0.250. The van der Waals surface area contributed by atoms with Crippen molar-refractivity contribution in [3.8, 4) is 11.1 Å². The van der Waals surface area contributed by atoms with Gasteiger partial charge in [-0.3, -0.25) is 0 Å². The average Bonchev–Trinajstić information content (AvgIpc) is 2.59. The molecule has 0 fully saturated rings. The molecular weight excluding hydrogens is 334 g/mol. The molecule has 0 saturated heterocycles. The quantitative estimate of drug-likeness (QED) is 0.387. The lowest BCUT2D eigenvalue weighted by Gasteiger charge is -2.08. The number of rotatable bonds is 6. The number of nitrogens with zero attached hydrogens (tertiary/aromatic N) is 1. The van der Waals surface area contributed by atoms with Crippen LogP contribution < -0.4 is 4.57 Å². The predicted octanol–water partition coefficient (Wildman–Crippen LogP) is 3.43. The molecule has 0 atom stereocenters. The summed E-state index contributed by atoms with van der Waals surface area (Å²) in [7, 11) is -4.13. The molecule has 0 unspecified atom stereocenters. The summed E-state index contributed by atoms with van der Waals surface area (Å²) in [6.45, 7) is 2.73. The van der Waals surface area contributed by atoms with E-state index in [-0.39, 0.29) is 5.75 Å². The van der Waals surface area contributed by atoms with E-state index >= 15 is 0 Å². The molecule has 0 saturated carbocycles. The van der Waals surface area contributed by atoms with Gasteiger partial charge in [0.15, 0.2) is 5.69 Å². The topological polar surface area (TPSA) is 61.1 Å². The molecule has 0 aliphatic heterocycles. The smallest absolute Gasteiger partial charge is 0.212 e. The fourth-order valence-electron chi connectivity index (χ4n) is 3.08. The van der Waals surface area contributed by atoms with E-state index in [1.54, 1.807) is 0 Å². The van der Waals surface area contributed by atoms with Gasteiger partial charge in [-0.25, -0.2) is 8.42 Å². The maximum Gasteiger partial charge on any atom is 0.212 e. The van der Waals surface area contributed by atoms with Crippen LogP contribution in [0.25, 0.3) is 22.0 Å². The second kappa shape index (κ2) is 7.33. The van der Waals surface area contributed by atoms with Crippen LogP contribution in [0.4, 0.5) is 0 Å². The Morgan fingerprint density at radius 2 is 1.68 bits per heavy atom. The van der Waals surface area contributed by atoms with E-state index < -0.39 is 10.1 Å². The minimum Gasteiger partial charge on any atom is -0.748 e. The molecule has 0 aliphatic rings. The second-order valence-electron chi connectivity index (χ2n) is 6.23. The van der Waals surface area contributed by atoms with Crippen LogP contribution in [0.3, 0.4) is 0 Å². The highest BCUT2D eigenvalue weighted by Crippen LogP contribution is 2.23. The van der Waals surface area contributed by atoms with Crippen LogP contribution >= 0.6 is 0 Å². The molecule has 3 rings (SSSR count). The molecule has 1 aromatic heterocycles. The van der Waals surface area contributed by atoms with E-state index in [1.807, 2.05) is 25.1 Å². The van der Waals surface area contributed by atoms with Crippen LogP contribution in [0.5, 0.6) is 0 Å². The molecule has 0 spiro atoms. The minimum atomic E-state index is -4.13. The van der Waals surface area contributed by atoms with Crippen molar-refractivity contribution in [2.45, 2.75) is 26.3 Å². The zero-order chi connectivity index (χ0) is 17.9. The summed E-state index contributed by atoms with van der Waals surface area (Å²) in [5.74, 6) is -0.296. The monoisotopic (exact) mass is 355 g/mol. The largest absolute Gasteiger partial charge is 0.748 e. The van der Waals surface area contributed by atoms with Crippen molar-refractivity contribution >= 4 is 21.0 Å². The summed E-state index contributed by atoms with van der Waals surface area (Å²) < 4.78 is 34.4. The van der Waals surface area contributed by atoms with Crippen molar-refractivity contribution in [3.05, 3.63) is 66.4 Å². The third-order valence-corrected chi connectivity index (χ3v) is 5.17. The number of hydrogen-bond acceptors (Lipinski definition) is 3. The third kappa shape index (κ3) is 4.44. The molecular formula is C20H21NO3S. The van der Waals surface area contributed by atoms with Crippen molar-refractivity contribution < 1.29 is 17.5 Å². The molecule has 3 aromatic rings. The molecule has 0 aliphatic carbocycles. The molecule has 5 heteroatoms. The first-order valence-corrected chi connectivity index (χ1v) is 9.94. The van der Waals surface area contributed by atoms with E-state index in [2.05, 4.69) is 47.0 Å².